The molecule has 6 nitrogen and oxygen atoms in total. The number of ether oxygens (including phenoxy) is 3. The Morgan fingerprint density at radius 3 is 0.785 bits per heavy atom. The molecule has 0 heterocycles. The van der Waals surface area contributed by atoms with Gasteiger partial charge in [-0.25, -0.2) is 0 Å². The van der Waals surface area contributed by atoms with E-state index in [1.165, 1.54) is 141 Å². The second kappa shape index (κ2) is 66.6. The standard InChI is InChI=1S/C73H124O6/c1-4-7-10-13-16-19-22-25-28-30-32-34-35-36-37-39-40-42-45-48-51-54-57-60-63-66-72(75)78-69-70(68-77-71(74)65-62-59-56-53-50-47-44-27-24-21-18-15-12-9-6-3)79-73(76)67-64-61-58-55-52-49-46-43-41-38-33-31-29-26-23-20-17-14-11-8-5-2/h7,9-10,12,16,18-19,21,25,27-28,31-34,36-37,44,70H,4-6,8,11,13-15,17,20,22-24,26,29-30,35,38-43,45-69H2,1-3H3/b10-7-,12-9-,19-16-,21-18-,28-25-,33-31-,34-32-,37-36-,44-27-. The van der Waals surface area contributed by atoms with Crippen molar-refractivity contribution in [2.24, 2.45) is 0 Å². The van der Waals surface area contributed by atoms with Crippen LogP contribution in [-0.4, -0.2) is 37.2 Å². The monoisotopic (exact) mass is 1100 g/mol. The Balaban J connectivity index is 4.37. The van der Waals surface area contributed by atoms with Crippen LogP contribution in [0.3, 0.4) is 0 Å². The van der Waals surface area contributed by atoms with Gasteiger partial charge in [-0.1, -0.05) is 284 Å². The van der Waals surface area contributed by atoms with E-state index in [2.05, 4.69) is 130 Å². The summed E-state index contributed by atoms with van der Waals surface area (Å²) < 4.78 is 16.9. The lowest BCUT2D eigenvalue weighted by atomic mass is 10.1. The maximum Gasteiger partial charge on any atom is 0.306 e. The topological polar surface area (TPSA) is 78.9 Å². The Labute approximate surface area is 489 Å². The van der Waals surface area contributed by atoms with E-state index in [4.69, 9.17) is 14.2 Å². The molecule has 0 rings (SSSR count). The van der Waals surface area contributed by atoms with Gasteiger partial charge in [-0.3, -0.25) is 14.4 Å². The van der Waals surface area contributed by atoms with Crippen molar-refractivity contribution in [1.29, 1.82) is 0 Å². The molecule has 0 aromatic heterocycles. The zero-order valence-electron chi connectivity index (χ0n) is 51.9. The molecule has 0 aromatic carbocycles. The molecule has 1 atom stereocenters. The summed E-state index contributed by atoms with van der Waals surface area (Å²) in [5, 5.41) is 0. The molecule has 1 unspecified atom stereocenters. The van der Waals surface area contributed by atoms with Gasteiger partial charge in [0.2, 0.25) is 0 Å². The van der Waals surface area contributed by atoms with Crippen molar-refractivity contribution >= 4 is 17.9 Å². The van der Waals surface area contributed by atoms with Crippen molar-refractivity contribution in [3.8, 4) is 0 Å². The first-order valence-corrected chi connectivity index (χ1v) is 33.4. The lowest BCUT2D eigenvalue weighted by molar-refractivity contribution is -0.167. The number of hydrogen-bond donors (Lipinski definition) is 0. The Morgan fingerprint density at radius 1 is 0.266 bits per heavy atom. The number of carbonyl (C=O) groups is 3. The highest BCUT2D eigenvalue weighted by Gasteiger charge is 2.19. The summed E-state index contributed by atoms with van der Waals surface area (Å²) in [7, 11) is 0. The van der Waals surface area contributed by atoms with Gasteiger partial charge in [0.15, 0.2) is 6.10 Å². The maximum atomic E-state index is 12.9. The molecule has 79 heavy (non-hydrogen) atoms. The lowest BCUT2D eigenvalue weighted by Crippen LogP contribution is -2.30. The Bertz CT molecular complexity index is 1590. The third kappa shape index (κ3) is 64.8. The van der Waals surface area contributed by atoms with Crippen molar-refractivity contribution in [1.82, 2.24) is 0 Å². The molecule has 0 amide bonds. The molecule has 6 heteroatoms. The van der Waals surface area contributed by atoms with Crippen LogP contribution in [0.4, 0.5) is 0 Å². The van der Waals surface area contributed by atoms with Gasteiger partial charge < -0.3 is 14.2 Å². The van der Waals surface area contributed by atoms with E-state index >= 15 is 0 Å². The van der Waals surface area contributed by atoms with Crippen LogP contribution in [0.2, 0.25) is 0 Å². The summed E-state index contributed by atoms with van der Waals surface area (Å²) in [6.45, 7) is 6.42. The van der Waals surface area contributed by atoms with Crippen molar-refractivity contribution < 1.29 is 28.6 Å². The van der Waals surface area contributed by atoms with Gasteiger partial charge in [-0.2, -0.15) is 0 Å². The van der Waals surface area contributed by atoms with Crippen LogP contribution in [0, 0.1) is 0 Å². The molecule has 0 bridgehead atoms. The Hall–Kier alpha value is -3.93. The summed E-state index contributed by atoms with van der Waals surface area (Å²) in [5.41, 5.74) is 0. The molecule has 0 aliphatic rings. The Morgan fingerprint density at radius 2 is 0.494 bits per heavy atom. The summed E-state index contributed by atoms with van der Waals surface area (Å²) in [5.74, 6) is -0.902. The van der Waals surface area contributed by atoms with E-state index in [0.29, 0.717) is 19.3 Å². The molecule has 0 saturated heterocycles. The van der Waals surface area contributed by atoms with Crippen molar-refractivity contribution in [3.63, 3.8) is 0 Å². The van der Waals surface area contributed by atoms with Crippen LogP contribution in [0.5, 0.6) is 0 Å². The minimum atomic E-state index is -0.792. The molecule has 0 saturated carbocycles. The fraction of sp³-hybridized carbons (Fsp3) is 0.712. The molecule has 452 valence electrons. The number of unbranched alkanes of at least 4 members (excludes halogenated alkanes) is 31. The minimum Gasteiger partial charge on any atom is -0.462 e. The van der Waals surface area contributed by atoms with Gasteiger partial charge in [0.25, 0.3) is 0 Å². The van der Waals surface area contributed by atoms with E-state index in [-0.39, 0.29) is 31.1 Å². The average Bonchev–Trinajstić information content (AvgIpc) is 3.45. The minimum absolute atomic E-state index is 0.0877. The second-order valence-corrected chi connectivity index (χ2v) is 22.0. The van der Waals surface area contributed by atoms with Gasteiger partial charge in [-0.05, 0) is 122 Å². The van der Waals surface area contributed by atoms with Crippen LogP contribution < -0.4 is 0 Å². The highest BCUT2D eigenvalue weighted by atomic mass is 16.6. The van der Waals surface area contributed by atoms with Crippen LogP contribution >= 0.6 is 0 Å². The van der Waals surface area contributed by atoms with Crippen molar-refractivity contribution in [2.45, 2.75) is 322 Å². The highest BCUT2D eigenvalue weighted by Crippen LogP contribution is 2.16. The van der Waals surface area contributed by atoms with E-state index in [9.17, 15) is 14.4 Å². The van der Waals surface area contributed by atoms with Crippen LogP contribution in [0.15, 0.2) is 109 Å². The van der Waals surface area contributed by atoms with Crippen LogP contribution in [0.25, 0.3) is 0 Å². The van der Waals surface area contributed by atoms with Gasteiger partial charge in [0.1, 0.15) is 13.2 Å². The third-order valence-corrected chi connectivity index (χ3v) is 14.2. The first-order valence-electron chi connectivity index (χ1n) is 33.4. The van der Waals surface area contributed by atoms with E-state index in [0.717, 1.165) is 135 Å². The molecular formula is C73H124O6. The lowest BCUT2D eigenvalue weighted by Gasteiger charge is -2.18. The zero-order valence-corrected chi connectivity index (χ0v) is 51.9. The van der Waals surface area contributed by atoms with E-state index in [1.807, 2.05) is 0 Å². The molecule has 0 spiro atoms. The third-order valence-electron chi connectivity index (χ3n) is 14.2. The quantitative estimate of drug-likeness (QED) is 0.0261. The second-order valence-electron chi connectivity index (χ2n) is 22.0. The number of allylic oxidation sites excluding steroid dienone is 18. The molecule has 0 fully saturated rings. The predicted octanol–water partition coefficient (Wildman–Crippen LogP) is 23.0. The SMILES string of the molecule is CC/C=C\C/C=C\C/C=C\C/C=C\C/C=C\CCCCCCCCCCCC(=O)OCC(COC(=O)CCCCCCC/C=C\C/C=C\C/C=C\CC)OC(=O)CCCCCCCCCCC/C=C\CCCCCCCCCC. The van der Waals surface area contributed by atoms with E-state index in [1.54, 1.807) is 0 Å². The smallest absolute Gasteiger partial charge is 0.306 e. The maximum absolute atomic E-state index is 12.9. The first-order chi connectivity index (χ1) is 39.0. The molecule has 0 N–H and O–H groups in total. The molecule has 0 aliphatic heterocycles. The van der Waals surface area contributed by atoms with Crippen molar-refractivity contribution in [2.75, 3.05) is 13.2 Å². The first kappa shape index (κ1) is 75.1. The molecule has 0 aromatic rings. The number of esters is 3. The Kier molecular flexibility index (Phi) is 63.3. The van der Waals surface area contributed by atoms with Gasteiger partial charge in [-0.15, -0.1) is 0 Å². The molecule has 0 radical (unpaired) electrons. The van der Waals surface area contributed by atoms with Gasteiger partial charge >= 0.3 is 17.9 Å². The van der Waals surface area contributed by atoms with Crippen LogP contribution in [-0.2, 0) is 28.6 Å². The van der Waals surface area contributed by atoms with Gasteiger partial charge in [0, 0.05) is 19.3 Å². The normalized spacial score (nSPS) is 12.8. The summed E-state index contributed by atoms with van der Waals surface area (Å²) in [6.07, 6.45) is 91.0. The molecular weight excluding hydrogens is 973 g/mol. The summed E-state index contributed by atoms with van der Waals surface area (Å²) in [6, 6.07) is 0. The largest absolute Gasteiger partial charge is 0.462 e. The average molecular weight is 1100 g/mol. The number of hydrogen-bond acceptors (Lipinski definition) is 6. The van der Waals surface area contributed by atoms with Crippen LogP contribution in [0.1, 0.15) is 316 Å². The highest BCUT2D eigenvalue weighted by molar-refractivity contribution is 5.71. The van der Waals surface area contributed by atoms with Gasteiger partial charge in [0.05, 0.1) is 0 Å². The number of carbonyl (C=O) groups excluding carboxylic acids is 3. The fourth-order valence-electron chi connectivity index (χ4n) is 9.30. The van der Waals surface area contributed by atoms with Crippen molar-refractivity contribution in [3.05, 3.63) is 109 Å². The number of rotatable bonds is 60. The zero-order chi connectivity index (χ0) is 57.1. The van der Waals surface area contributed by atoms with E-state index < -0.39 is 6.10 Å². The summed E-state index contributed by atoms with van der Waals surface area (Å²) >= 11 is 0. The molecule has 0 aliphatic carbocycles. The predicted molar refractivity (Wildman–Crippen MR) is 343 cm³/mol. The summed E-state index contributed by atoms with van der Waals surface area (Å²) in [4.78, 5) is 38.4. The fourth-order valence-corrected chi connectivity index (χ4v) is 9.30.